The topological polar surface area (TPSA) is 641 Å². The number of aliphatic hydroxyl groups excluding tert-OH is 4. The molecule has 2 aromatic carbocycles. The Morgan fingerprint density at radius 2 is 0.833 bits per heavy atom. The molecule has 2 rings (SSSR count). The van der Waals surface area contributed by atoms with Crippen molar-refractivity contribution < 1.29 is 103 Å². The van der Waals surface area contributed by atoms with Crippen LogP contribution < -0.4 is 86.7 Å². The third kappa shape index (κ3) is 29.9. The van der Waals surface area contributed by atoms with Crippen LogP contribution in [0.5, 0.6) is 11.5 Å². The molecule has 27 N–H and O–H groups in total. The van der Waals surface area contributed by atoms with Crippen LogP contribution in [-0.4, -0.2) is 235 Å². The van der Waals surface area contributed by atoms with Crippen LogP contribution in [-0.2, 0) is 80.0 Å². The van der Waals surface area contributed by atoms with Crippen molar-refractivity contribution in [3.8, 4) is 11.5 Å². The number of amides is 13. The Balaban J connectivity index is 2.25. The number of benzene rings is 2. The van der Waals surface area contributed by atoms with Crippen LogP contribution in [0.3, 0.4) is 0 Å². The lowest BCUT2D eigenvalue weighted by Gasteiger charge is -2.30. The molecule has 0 saturated heterocycles. The molecule has 0 saturated carbocycles. The van der Waals surface area contributed by atoms with Crippen molar-refractivity contribution in [2.75, 3.05) is 26.3 Å². The van der Waals surface area contributed by atoms with Gasteiger partial charge in [-0.2, -0.15) is 0 Å². The average Bonchev–Trinajstić information content (AvgIpc) is 0.854. The zero-order chi connectivity index (χ0) is 77.4. The number of rotatable bonds is 44. The van der Waals surface area contributed by atoms with Crippen LogP contribution >= 0.6 is 0 Å². The lowest BCUT2D eigenvalue weighted by atomic mass is 9.96. The number of carboxylic acid groups (broad SMARTS) is 1. The predicted octanol–water partition coefficient (Wildman–Crippen LogP) is -7.81. The predicted molar refractivity (Wildman–Crippen MR) is 364 cm³/mol. The quantitative estimate of drug-likeness (QED) is 0.0166. The van der Waals surface area contributed by atoms with Gasteiger partial charge in [-0.15, -0.1) is 0 Å². The van der Waals surface area contributed by atoms with E-state index in [9.17, 15) is 103 Å². The highest BCUT2D eigenvalue weighted by Gasteiger charge is 2.39. The maximum absolute atomic E-state index is 14.2. The van der Waals surface area contributed by atoms with Gasteiger partial charge in [0.05, 0.1) is 44.4 Å². The first-order valence-corrected chi connectivity index (χ1v) is 32.9. The van der Waals surface area contributed by atoms with Crippen LogP contribution in [0.4, 0.5) is 0 Å². The van der Waals surface area contributed by atoms with E-state index in [0.717, 1.165) is 13.8 Å². The number of nitrogens with two attached hydrogens (primary N) is 4. The maximum Gasteiger partial charge on any atom is 0.326 e. The third-order valence-electron chi connectivity index (χ3n) is 16.2. The number of carbonyl (C=O) groups is 14. The Morgan fingerprint density at radius 3 is 1.26 bits per heavy atom. The molecule has 568 valence electrons. The van der Waals surface area contributed by atoms with E-state index in [1.165, 1.54) is 62.4 Å². The first-order chi connectivity index (χ1) is 47.8. The molecular weight excluding hydrogens is 1340 g/mol. The summed E-state index contributed by atoms with van der Waals surface area (Å²) in [5.41, 5.74) is 23.1. The number of aliphatic carboxylic acids is 1. The molecule has 0 aliphatic rings. The SMILES string of the molecule is CC[C@H](C)[C@H](NC(=O)[C@H](CC(N)=O)NC(=O)[C@@H](NC(=O)[C@H](CCCN=C(N)N)NC(=O)[C@H](C)NC(=O)[C@@H](N)C(C)C)[C@@H](C)CC)C(=O)NCC(=O)N[C@@H](CO)C(=O)N[C@H](C(=O)N[C@@H](CO)C(=O)N[C@H](C(=O)N[C@@H](Cc1ccc(O)cc1)C(=O)N[C@@H](Cc1ccc(O)cc1)C(=O)O)[C@@H](C)O)[C@@H](C)O. The largest absolute Gasteiger partial charge is 0.508 e. The number of nitrogens with one attached hydrogen (secondary N) is 12. The molecule has 38 nitrogen and oxygen atoms in total. The van der Waals surface area contributed by atoms with Crippen LogP contribution in [0.25, 0.3) is 0 Å². The highest BCUT2D eigenvalue weighted by molar-refractivity contribution is 6.00. The number of aromatic hydroxyl groups is 2. The van der Waals surface area contributed by atoms with E-state index >= 15 is 0 Å². The molecule has 0 fully saturated rings. The Morgan fingerprint density at radius 1 is 0.451 bits per heavy atom. The number of guanidine groups is 1. The molecule has 0 radical (unpaired) electrons. The zero-order valence-corrected chi connectivity index (χ0v) is 58.3. The summed E-state index contributed by atoms with van der Waals surface area (Å²) in [7, 11) is 0. The van der Waals surface area contributed by atoms with Crippen LogP contribution in [0.2, 0.25) is 0 Å². The summed E-state index contributed by atoms with van der Waals surface area (Å²) < 4.78 is 0. The Labute approximate surface area is 588 Å². The Hall–Kier alpha value is -10.3. The molecule has 13 amide bonds. The molecule has 0 heterocycles. The Kier molecular flexibility index (Phi) is 37.3. The van der Waals surface area contributed by atoms with Gasteiger partial charge < -0.3 is 122 Å². The molecule has 16 atom stereocenters. The number of aliphatic hydroxyl groups is 4. The molecule has 38 heteroatoms. The number of hydrogen-bond acceptors (Lipinski definition) is 22. The lowest BCUT2D eigenvalue weighted by molar-refractivity contribution is -0.142. The van der Waals surface area contributed by atoms with E-state index in [-0.39, 0.29) is 68.4 Å². The fourth-order valence-electron chi connectivity index (χ4n) is 9.50. The summed E-state index contributed by atoms with van der Waals surface area (Å²) in [5, 5.41) is 99.2. The molecule has 0 unspecified atom stereocenters. The fourth-order valence-corrected chi connectivity index (χ4v) is 9.50. The number of nitrogens with zero attached hydrogens (tertiary/aromatic N) is 1. The third-order valence-corrected chi connectivity index (χ3v) is 16.2. The van der Waals surface area contributed by atoms with E-state index < -0.39 is 205 Å². The number of hydrogen-bond donors (Lipinski definition) is 23. The van der Waals surface area contributed by atoms with Crippen molar-refractivity contribution >= 4 is 88.7 Å². The van der Waals surface area contributed by atoms with E-state index in [1.807, 2.05) is 0 Å². The van der Waals surface area contributed by atoms with Crippen molar-refractivity contribution in [2.24, 2.45) is 45.7 Å². The van der Waals surface area contributed by atoms with Gasteiger partial charge in [-0.05, 0) is 86.8 Å². The van der Waals surface area contributed by atoms with Gasteiger partial charge in [-0.3, -0.25) is 67.3 Å². The molecule has 0 bridgehead atoms. The maximum atomic E-state index is 14.2. The van der Waals surface area contributed by atoms with Crippen molar-refractivity contribution in [1.82, 2.24) is 63.8 Å². The Bertz CT molecular complexity index is 3230. The zero-order valence-electron chi connectivity index (χ0n) is 58.3. The molecule has 2 aromatic rings. The smallest absolute Gasteiger partial charge is 0.326 e. The second kappa shape index (κ2) is 43.4. The van der Waals surface area contributed by atoms with Crippen LogP contribution in [0.15, 0.2) is 53.5 Å². The van der Waals surface area contributed by atoms with Crippen LogP contribution in [0, 0.1) is 17.8 Å². The van der Waals surface area contributed by atoms with Gasteiger partial charge in [0.2, 0.25) is 76.8 Å². The standard InChI is InChI=1S/C64H101N17O21/c1-10-30(5)48(78-55(93)41(25-45(65)88)75-60(98)49(31(6)11-2)79-53(91)39(13-12-22-69-64(67)68)73-52(90)32(7)71-58(96)47(66)29(3)4)59(97)70-26-46(89)72-43(27-82)56(94)80-51(34(9)85)62(100)77-44(28-83)57(95)81-50(33(8)84)61(99)74-40(23-35-14-18-37(86)19-15-35)54(92)76-42(63(101)102)24-36-16-20-38(87)21-17-36/h14-21,29-34,39-44,47-51,82-87H,10-13,22-28,66H2,1-9H3,(H2,65,88)(H,70,97)(H,71,96)(H,72,89)(H,73,90)(H,74,99)(H,75,98)(H,76,92)(H,77,100)(H,78,93)(H,79,91)(H,80,94)(H,81,95)(H,101,102)(H4,67,68,69)/t30-,31-,32-,33+,34+,39-,40-,41-,42-,43-,44-,47-,48-,49-,50-,51-/m0/s1. The fraction of sp³-hybridized carbons (Fsp3) is 0.578. The summed E-state index contributed by atoms with van der Waals surface area (Å²) in [5.74, 6) is -17.7. The van der Waals surface area contributed by atoms with Gasteiger partial charge in [0.25, 0.3) is 0 Å². The number of primary amides is 1. The van der Waals surface area contributed by atoms with Gasteiger partial charge >= 0.3 is 5.97 Å². The monoisotopic (exact) mass is 1440 g/mol. The number of phenols is 2. The summed E-state index contributed by atoms with van der Waals surface area (Å²) in [6.45, 7) is 9.94. The summed E-state index contributed by atoms with van der Waals surface area (Å²) in [4.78, 5) is 192. The lowest BCUT2D eigenvalue weighted by Crippen LogP contribution is -2.63. The number of phenolic OH excluding ortho intramolecular Hbond substituents is 2. The molecule has 0 aromatic heterocycles. The van der Waals surface area contributed by atoms with Crippen molar-refractivity contribution in [2.45, 2.75) is 192 Å². The molecular formula is C64H101N17O21. The number of carboxylic acids is 1. The highest BCUT2D eigenvalue weighted by atomic mass is 16.4. The minimum absolute atomic E-state index is 0.0290. The van der Waals surface area contributed by atoms with Gasteiger partial charge in [-0.25, -0.2) is 4.79 Å². The molecule has 0 aliphatic carbocycles. The van der Waals surface area contributed by atoms with Crippen LogP contribution in [0.1, 0.15) is 106 Å². The van der Waals surface area contributed by atoms with Gasteiger partial charge in [0.1, 0.15) is 78.0 Å². The molecule has 0 spiro atoms. The van der Waals surface area contributed by atoms with E-state index in [0.29, 0.717) is 11.1 Å². The van der Waals surface area contributed by atoms with Crippen molar-refractivity contribution in [3.05, 3.63) is 59.7 Å². The van der Waals surface area contributed by atoms with Gasteiger partial charge in [0.15, 0.2) is 5.96 Å². The van der Waals surface area contributed by atoms with Crippen molar-refractivity contribution in [3.63, 3.8) is 0 Å². The van der Waals surface area contributed by atoms with Gasteiger partial charge in [-0.1, -0.05) is 78.6 Å². The first-order valence-electron chi connectivity index (χ1n) is 32.9. The number of aliphatic imine (C=N–C) groups is 1. The van der Waals surface area contributed by atoms with E-state index in [4.69, 9.17) is 22.9 Å². The molecule has 0 aliphatic heterocycles. The first kappa shape index (κ1) is 87.8. The molecule has 102 heavy (non-hydrogen) atoms. The van der Waals surface area contributed by atoms with Gasteiger partial charge in [0, 0.05) is 19.4 Å². The summed E-state index contributed by atoms with van der Waals surface area (Å²) in [6, 6.07) is -8.61. The average molecular weight is 1440 g/mol. The van der Waals surface area contributed by atoms with E-state index in [1.54, 1.807) is 34.6 Å². The minimum Gasteiger partial charge on any atom is -0.508 e. The summed E-state index contributed by atoms with van der Waals surface area (Å²) >= 11 is 0. The van der Waals surface area contributed by atoms with E-state index in [2.05, 4.69) is 68.8 Å². The minimum atomic E-state index is -2.02. The second-order valence-corrected chi connectivity index (χ2v) is 24.9. The van der Waals surface area contributed by atoms with Crippen molar-refractivity contribution in [1.29, 1.82) is 0 Å². The highest BCUT2D eigenvalue weighted by Crippen LogP contribution is 2.17. The second-order valence-electron chi connectivity index (χ2n) is 24.9. The number of carbonyl (C=O) groups excluding carboxylic acids is 13. The normalized spacial score (nSPS) is 15.8. The summed E-state index contributed by atoms with van der Waals surface area (Å²) in [6.07, 6.45) is -4.54.